The van der Waals surface area contributed by atoms with E-state index in [0.717, 1.165) is 23.8 Å². The second-order valence-electron chi connectivity index (χ2n) is 5.41. The van der Waals surface area contributed by atoms with Gasteiger partial charge in [-0.1, -0.05) is 44.9 Å². The van der Waals surface area contributed by atoms with Crippen LogP contribution in [0.15, 0.2) is 28.7 Å². The van der Waals surface area contributed by atoms with Gasteiger partial charge < -0.3 is 14.8 Å². The molecule has 0 saturated heterocycles. The number of amides is 1. The van der Waals surface area contributed by atoms with Gasteiger partial charge in [-0.3, -0.25) is 4.79 Å². The second kappa shape index (κ2) is 6.76. The summed E-state index contributed by atoms with van der Waals surface area (Å²) < 4.78 is 5.61. The Hall–Kier alpha value is -1.81. The molecule has 114 valence electrons. The van der Waals surface area contributed by atoms with Gasteiger partial charge >= 0.3 is 0 Å². The lowest BCUT2D eigenvalue weighted by Crippen LogP contribution is -2.36. The number of aliphatic hydroxyl groups is 1. The van der Waals surface area contributed by atoms with E-state index < -0.39 is 6.10 Å². The standard InChI is InChI=1S/C17H23NO3/c1-4-12(5-2)14(19)10-18-17(20)16-11(3)13-8-6-7-9-15(13)21-16/h6-9,12,14,19H,4-5,10H2,1-3H3,(H,18,20). The third kappa shape index (κ3) is 3.27. The van der Waals surface area contributed by atoms with Crippen LogP contribution in [0, 0.1) is 12.8 Å². The fourth-order valence-corrected chi connectivity index (χ4v) is 2.67. The summed E-state index contributed by atoms with van der Waals surface area (Å²) in [5.74, 6) is 0.267. The fraction of sp³-hybridized carbons (Fsp3) is 0.471. The molecular weight excluding hydrogens is 266 g/mol. The van der Waals surface area contributed by atoms with Crippen molar-refractivity contribution in [3.63, 3.8) is 0 Å². The first-order valence-corrected chi connectivity index (χ1v) is 7.52. The molecule has 1 atom stereocenters. The first-order valence-electron chi connectivity index (χ1n) is 7.52. The zero-order chi connectivity index (χ0) is 15.4. The molecule has 1 aromatic carbocycles. The minimum Gasteiger partial charge on any atom is -0.451 e. The largest absolute Gasteiger partial charge is 0.451 e. The van der Waals surface area contributed by atoms with E-state index in [1.807, 2.05) is 45.0 Å². The van der Waals surface area contributed by atoms with Crippen molar-refractivity contribution in [1.29, 1.82) is 0 Å². The highest BCUT2D eigenvalue weighted by Crippen LogP contribution is 2.24. The van der Waals surface area contributed by atoms with Crippen LogP contribution in [0.3, 0.4) is 0 Å². The minimum atomic E-state index is -0.520. The van der Waals surface area contributed by atoms with E-state index in [0.29, 0.717) is 11.3 Å². The molecule has 0 radical (unpaired) electrons. The molecule has 21 heavy (non-hydrogen) atoms. The molecule has 0 aliphatic rings. The van der Waals surface area contributed by atoms with Crippen LogP contribution >= 0.6 is 0 Å². The molecule has 0 bridgehead atoms. The number of benzene rings is 1. The predicted octanol–water partition coefficient (Wildman–Crippen LogP) is 3.27. The molecule has 0 aliphatic heterocycles. The summed E-state index contributed by atoms with van der Waals surface area (Å²) in [7, 11) is 0. The monoisotopic (exact) mass is 289 g/mol. The highest BCUT2D eigenvalue weighted by molar-refractivity contribution is 5.98. The lowest BCUT2D eigenvalue weighted by Gasteiger charge is -2.20. The average Bonchev–Trinajstić information content (AvgIpc) is 2.84. The maximum absolute atomic E-state index is 12.2. The smallest absolute Gasteiger partial charge is 0.287 e. The molecule has 0 aliphatic carbocycles. The molecule has 0 spiro atoms. The molecule has 0 saturated carbocycles. The maximum atomic E-state index is 12.2. The number of fused-ring (bicyclic) bond motifs is 1. The molecule has 1 unspecified atom stereocenters. The third-order valence-corrected chi connectivity index (χ3v) is 4.11. The topological polar surface area (TPSA) is 62.5 Å². The summed E-state index contributed by atoms with van der Waals surface area (Å²) in [5.41, 5.74) is 1.54. The lowest BCUT2D eigenvalue weighted by molar-refractivity contribution is 0.0797. The van der Waals surface area contributed by atoms with Gasteiger partial charge in [0.1, 0.15) is 5.58 Å². The van der Waals surface area contributed by atoms with Crippen molar-refractivity contribution in [2.24, 2.45) is 5.92 Å². The van der Waals surface area contributed by atoms with Crippen molar-refractivity contribution in [2.75, 3.05) is 6.54 Å². The number of rotatable bonds is 6. The summed E-state index contributed by atoms with van der Waals surface area (Å²) in [6.45, 7) is 6.21. The first kappa shape index (κ1) is 15.6. The van der Waals surface area contributed by atoms with Crippen LogP contribution in [0.1, 0.15) is 42.8 Å². The Kier molecular flexibility index (Phi) is 5.02. The summed E-state index contributed by atoms with van der Waals surface area (Å²) in [6, 6.07) is 7.58. The van der Waals surface area contributed by atoms with Crippen molar-refractivity contribution in [2.45, 2.75) is 39.7 Å². The van der Waals surface area contributed by atoms with Gasteiger partial charge in [0.25, 0.3) is 5.91 Å². The molecule has 4 heteroatoms. The normalized spacial score (nSPS) is 12.8. The number of carbonyl (C=O) groups is 1. The van der Waals surface area contributed by atoms with E-state index in [2.05, 4.69) is 5.32 Å². The van der Waals surface area contributed by atoms with Gasteiger partial charge in [-0.25, -0.2) is 0 Å². The van der Waals surface area contributed by atoms with Crippen LogP contribution in [0.4, 0.5) is 0 Å². The quantitative estimate of drug-likeness (QED) is 0.858. The molecule has 2 aromatic rings. The lowest BCUT2D eigenvalue weighted by atomic mass is 9.96. The fourth-order valence-electron chi connectivity index (χ4n) is 2.67. The number of aliphatic hydroxyl groups excluding tert-OH is 1. The van der Waals surface area contributed by atoms with Crippen LogP contribution in [0.2, 0.25) is 0 Å². The minimum absolute atomic E-state index is 0.210. The van der Waals surface area contributed by atoms with E-state index >= 15 is 0 Å². The molecule has 1 aromatic heterocycles. The van der Waals surface area contributed by atoms with Crippen molar-refractivity contribution >= 4 is 16.9 Å². The number of nitrogens with one attached hydrogen (secondary N) is 1. The number of para-hydroxylation sites is 1. The summed E-state index contributed by atoms with van der Waals surface area (Å²) >= 11 is 0. The number of hydrogen-bond donors (Lipinski definition) is 2. The Morgan fingerprint density at radius 1 is 1.29 bits per heavy atom. The highest BCUT2D eigenvalue weighted by Gasteiger charge is 2.20. The molecule has 2 rings (SSSR count). The van der Waals surface area contributed by atoms with Gasteiger partial charge in [0.15, 0.2) is 5.76 Å². The Balaban J connectivity index is 2.07. The Bertz CT molecular complexity index is 614. The van der Waals surface area contributed by atoms with Crippen molar-refractivity contribution < 1.29 is 14.3 Å². The Morgan fingerprint density at radius 2 is 1.95 bits per heavy atom. The van der Waals surface area contributed by atoms with Crippen molar-refractivity contribution in [3.8, 4) is 0 Å². The summed E-state index contributed by atoms with van der Waals surface area (Å²) in [5, 5.41) is 13.8. The van der Waals surface area contributed by atoms with Crippen LogP contribution in [-0.2, 0) is 0 Å². The van der Waals surface area contributed by atoms with Gasteiger partial charge in [0, 0.05) is 17.5 Å². The molecule has 4 nitrogen and oxygen atoms in total. The highest BCUT2D eigenvalue weighted by atomic mass is 16.3. The van der Waals surface area contributed by atoms with Gasteiger partial charge in [-0.05, 0) is 18.9 Å². The molecule has 2 N–H and O–H groups in total. The second-order valence-corrected chi connectivity index (χ2v) is 5.41. The van der Waals surface area contributed by atoms with E-state index in [9.17, 15) is 9.90 Å². The van der Waals surface area contributed by atoms with E-state index in [4.69, 9.17) is 4.42 Å². The zero-order valence-electron chi connectivity index (χ0n) is 12.8. The Morgan fingerprint density at radius 3 is 2.57 bits per heavy atom. The van der Waals surface area contributed by atoms with E-state index in [-0.39, 0.29) is 18.4 Å². The average molecular weight is 289 g/mol. The van der Waals surface area contributed by atoms with Crippen molar-refractivity contribution in [3.05, 3.63) is 35.6 Å². The zero-order valence-corrected chi connectivity index (χ0v) is 12.8. The van der Waals surface area contributed by atoms with Gasteiger partial charge in [0.05, 0.1) is 6.10 Å². The van der Waals surface area contributed by atoms with Crippen LogP contribution in [0.5, 0.6) is 0 Å². The van der Waals surface area contributed by atoms with Crippen molar-refractivity contribution in [1.82, 2.24) is 5.32 Å². The number of hydrogen-bond acceptors (Lipinski definition) is 3. The van der Waals surface area contributed by atoms with Gasteiger partial charge in [0.2, 0.25) is 0 Å². The van der Waals surface area contributed by atoms with Crippen LogP contribution in [-0.4, -0.2) is 23.7 Å². The Labute approximate surface area is 125 Å². The van der Waals surface area contributed by atoms with E-state index in [1.165, 1.54) is 0 Å². The number of furan rings is 1. The molecule has 1 heterocycles. The third-order valence-electron chi connectivity index (χ3n) is 4.11. The SMILES string of the molecule is CCC(CC)C(O)CNC(=O)c1oc2ccccc2c1C. The number of aryl methyl sites for hydroxylation is 1. The van der Waals surface area contributed by atoms with Crippen LogP contribution in [0.25, 0.3) is 11.0 Å². The first-order chi connectivity index (χ1) is 10.1. The maximum Gasteiger partial charge on any atom is 0.287 e. The number of carbonyl (C=O) groups excluding carboxylic acids is 1. The molecule has 1 amide bonds. The molecular formula is C17H23NO3. The molecule has 0 fully saturated rings. The summed E-state index contributed by atoms with van der Waals surface area (Å²) in [6.07, 6.45) is 1.28. The van der Waals surface area contributed by atoms with Gasteiger partial charge in [-0.2, -0.15) is 0 Å². The predicted molar refractivity (Wildman–Crippen MR) is 83.4 cm³/mol. The van der Waals surface area contributed by atoms with Crippen LogP contribution < -0.4 is 5.32 Å². The summed E-state index contributed by atoms with van der Waals surface area (Å²) in [4.78, 5) is 12.2. The van der Waals surface area contributed by atoms with Gasteiger partial charge in [-0.15, -0.1) is 0 Å². The van der Waals surface area contributed by atoms with E-state index in [1.54, 1.807) is 0 Å².